The zero-order valence-electron chi connectivity index (χ0n) is 7.95. The highest BCUT2D eigenvalue weighted by Gasteiger charge is 2.39. The zero-order chi connectivity index (χ0) is 9.26. The summed E-state index contributed by atoms with van der Waals surface area (Å²) >= 11 is 5.69. The summed E-state index contributed by atoms with van der Waals surface area (Å²) in [4.78, 5) is 2.56. The molecule has 2 heterocycles. The van der Waals surface area contributed by atoms with E-state index >= 15 is 0 Å². The van der Waals surface area contributed by atoms with E-state index in [2.05, 4.69) is 4.90 Å². The molecule has 0 saturated carbocycles. The highest BCUT2D eigenvalue weighted by Crippen LogP contribution is 2.35. The molecule has 0 aromatic carbocycles. The Balaban J connectivity index is 1.90. The number of nitrogens with zero attached hydrogens (tertiary/aromatic N) is 1. The SMILES string of the molecule is OC1CC2CCC(C1)N2CCCCl. The molecular weight excluding hydrogens is 186 g/mol. The van der Waals surface area contributed by atoms with Gasteiger partial charge < -0.3 is 5.11 Å². The molecule has 13 heavy (non-hydrogen) atoms. The molecule has 0 radical (unpaired) electrons. The molecule has 1 N–H and O–H groups in total. The summed E-state index contributed by atoms with van der Waals surface area (Å²) in [6.45, 7) is 1.13. The third-order valence-corrected chi connectivity index (χ3v) is 3.68. The number of piperidine rings is 1. The van der Waals surface area contributed by atoms with Crippen LogP contribution in [0.2, 0.25) is 0 Å². The second-order valence-electron chi connectivity index (χ2n) is 4.29. The van der Waals surface area contributed by atoms with E-state index in [1.807, 2.05) is 0 Å². The molecule has 2 nitrogen and oxygen atoms in total. The number of alkyl halides is 1. The molecular formula is C10H18ClNO. The average molecular weight is 204 g/mol. The van der Waals surface area contributed by atoms with Gasteiger partial charge in [0.25, 0.3) is 0 Å². The summed E-state index contributed by atoms with van der Waals surface area (Å²) in [5.74, 6) is 0.762. The monoisotopic (exact) mass is 203 g/mol. The lowest BCUT2D eigenvalue weighted by molar-refractivity contribution is 0.0358. The van der Waals surface area contributed by atoms with E-state index in [1.54, 1.807) is 0 Å². The van der Waals surface area contributed by atoms with Gasteiger partial charge in [-0.25, -0.2) is 0 Å². The van der Waals surface area contributed by atoms with Crippen molar-refractivity contribution in [3.8, 4) is 0 Å². The molecule has 2 atom stereocenters. The van der Waals surface area contributed by atoms with Crippen molar-refractivity contribution in [3.05, 3.63) is 0 Å². The Morgan fingerprint density at radius 1 is 1.23 bits per heavy atom. The Hall–Kier alpha value is 0.210. The van der Waals surface area contributed by atoms with Gasteiger partial charge >= 0.3 is 0 Å². The van der Waals surface area contributed by atoms with Gasteiger partial charge in [-0.1, -0.05) is 0 Å². The van der Waals surface area contributed by atoms with Crippen molar-refractivity contribution < 1.29 is 5.11 Å². The van der Waals surface area contributed by atoms with Crippen molar-refractivity contribution in [2.45, 2.75) is 50.3 Å². The number of hydrogen-bond donors (Lipinski definition) is 1. The third-order valence-electron chi connectivity index (χ3n) is 3.41. The largest absolute Gasteiger partial charge is 0.393 e. The molecule has 2 saturated heterocycles. The Kier molecular flexibility index (Phi) is 3.12. The van der Waals surface area contributed by atoms with E-state index in [1.165, 1.54) is 12.8 Å². The van der Waals surface area contributed by atoms with Crippen LogP contribution < -0.4 is 0 Å². The molecule has 0 aromatic heterocycles. The summed E-state index contributed by atoms with van der Waals surface area (Å²) in [6, 6.07) is 1.30. The van der Waals surface area contributed by atoms with E-state index < -0.39 is 0 Å². The lowest BCUT2D eigenvalue weighted by atomic mass is 10.00. The number of aliphatic hydroxyl groups is 1. The lowest BCUT2D eigenvalue weighted by Gasteiger charge is -2.37. The van der Waals surface area contributed by atoms with Gasteiger partial charge in [0.05, 0.1) is 6.10 Å². The van der Waals surface area contributed by atoms with Crippen LogP contribution in [0.1, 0.15) is 32.1 Å². The predicted molar refractivity (Wildman–Crippen MR) is 54.1 cm³/mol. The maximum absolute atomic E-state index is 9.58. The fourth-order valence-electron chi connectivity index (χ4n) is 2.85. The summed E-state index contributed by atoms with van der Waals surface area (Å²) in [5.41, 5.74) is 0. The molecule has 3 heteroatoms. The summed E-state index contributed by atoms with van der Waals surface area (Å²) in [5, 5.41) is 9.58. The number of halogens is 1. The molecule has 0 amide bonds. The normalized spacial score (nSPS) is 39.7. The maximum atomic E-state index is 9.58. The molecule has 2 aliphatic heterocycles. The van der Waals surface area contributed by atoms with Gasteiger partial charge in [0, 0.05) is 18.0 Å². The average Bonchev–Trinajstić information content (AvgIpc) is 2.33. The summed E-state index contributed by atoms with van der Waals surface area (Å²) in [7, 11) is 0. The van der Waals surface area contributed by atoms with E-state index in [-0.39, 0.29) is 6.10 Å². The molecule has 2 bridgehead atoms. The highest BCUT2D eigenvalue weighted by atomic mass is 35.5. The second kappa shape index (κ2) is 4.16. The molecule has 0 spiro atoms. The van der Waals surface area contributed by atoms with E-state index in [9.17, 15) is 5.11 Å². The first-order valence-corrected chi connectivity index (χ1v) is 5.84. The Bertz CT molecular complexity index is 162. The molecule has 2 aliphatic rings. The number of rotatable bonds is 3. The van der Waals surface area contributed by atoms with Crippen LogP contribution in [0.3, 0.4) is 0 Å². The minimum Gasteiger partial charge on any atom is -0.393 e. The van der Waals surface area contributed by atoms with Gasteiger partial charge in [-0.15, -0.1) is 11.6 Å². The van der Waals surface area contributed by atoms with Crippen molar-refractivity contribution in [2.24, 2.45) is 0 Å². The van der Waals surface area contributed by atoms with Crippen LogP contribution in [0.5, 0.6) is 0 Å². The summed E-state index contributed by atoms with van der Waals surface area (Å²) in [6.07, 6.45) is 5.58. The minimum atomic E-state index is -0.0373. The van der Waals surface area contributed by atoms with E-state index in [0.29, 0.717) is 12.1 Å². The van der Waals surface area contributed by atoms with Gasteiger partial charge in [-0.2, -0.15) is 0 Å². The first kappa shape index (κ1) is 9.75. The highest BCUT2D eigenvalue weighted by molar-refractivity contribution is 6.17. The van der Waals surface area contributed by atoms with Crippen LogP contribution in [-0.2, 0) is 0 Å². The first-order chi connectivity index (χ1) is 6.31. The maximum Gasteiger partial charge on any atom is 0.0570 e. The standard InChI is InChI=1S/C10H18ClNO/c11-4-1-5-12-8-2-3-9(12)7-10(13)6-8/h8-10,13H,1-7H2. The van der Waals surface area contributed by atoms with Gasteiger partial charge in [0.1, 0.15) is 0 Å². The smallest absolute Gasteiger partial charge is 0.0570 e. The van der Waals surface area contributed by atoms with E-state index in [0.717, 1.165) is 31.7 Å². The first-order valence-electron chi connectivity index (χ1n) is 5.31. The Labute approximate surface area is 84.9 Å². The van der Waals surface area contributed by atoms with Crippen LogP contribution >= 0.6 is 11.6 Å². The van der Waals surface area contributed by atoms with Gasteiger partial charge in [-0.3, -0.25) is 4.90 Å². The molecule has 2 unspecified atom stereocenters. The number of fused-ring (bicyclic) bond motifs is 2. The topological polar surface area (TPSA) is 23.5 Å². The van der Waals surface area contributed by atoms with E-state index in [4.69, 9.17) is 11.6 Å². The zero-order valence-corrected chi connectivity index (χ0v) is 8.71. The molecule has 2 fully saturated rings. The minimum absolute atomic E-state index is 0.0373. The van der Waals surface area contributed by atoms with Crippen molar-refractivity contribution >= 4 is 11.6 Å². The molecule has 0 aromatic rings. The third kappa shape index (κ3) is 2.00. The van der Waals surface area contributed by atoms with Crippen LogP contribution in [0.15, 0.2) is 0 Å². The second-order valence-corrected chi connectivity index (χ2v) is 4.67. The van der Waals surface area contributed by atoms with Gasteiger partial charge in [0.2, 0.25) is 0 Å². The summed E-state index contributed by atoms with van der Waals surface area (Å²) < 4.78 is 0. The molecule has 76 valence electrons. The Morgan fingerprint density at radius 3 is 2.38 bits per heavy atom. The van der Waals surface area contributed by atoms with Crippen molar-refractivity contribution in [3.63, 3.8) is 0 Å². The fourth-order valence-corrected chi connectivity index (χ4v) is 2.97. The van der Waals surface area contributed by atoms with Crippen LogP contribution in [0.25, 0.3) is 0 Å². The predicted octanol–water partition coefficient (Wildman–Crippen LogP) is 1.60. The van der Waals surface area contributed by atoms with Crippen LogP contribution in [0.4, 0.5) is 0 Å². The molecule has 0 aliphatic carbocycles. The van der Waals surface area contributed by atoms with Gasteiger partial charge in [-0.05, 0) is 38.6 Å². The quantitative estimate of drug-likeness (QED) is 0.705. The van der Waals surface area contributed by atoms with Gasteiger partial charge in [0.15, 0.2) is 0 Å². The fraction of sp³-hybridized carbons (Fsp3) is 1.00. The van der Waals surface area contributed by atoms with Crippen molar-refractivity contribution in [1.29, 1.82) is 0 Å². The number of hydrogen-bond acceptors (Lipinski definition) is 2. The lowest BCUT2D eigenvalue weighted by Crippen LogP contribution is -2.45. The van der Waals surface area contributed by atoms with Crippen LogP contribution in [-0.4, -0.2) is 40.6 Å². The van der Waals surface area contributed by atoms with Crippen molar-refractivity contribution in [1.82, 2.24) is 4.90 Å². The van der Waals surface area contributed by atoms with Crippen LogP contribution in [0, 0.1) is 0 Å². The molecule has 2 rings (SSSR count). The number of aliphatic hydroxyl groups excluding tert-OH is 1. The Morgan fingerprint density at radius 2 is 1.85 bits per heavy atom. The van der Waals surface area contributed by atoms with Crippen molar-refractivity contribution in [2.75, 3.05) is 12.4 Å².